The minimum atomic E-state index is 0.00750. The van der Waals surface area contributed by atoms with Gasteiger partial charge >= 0.3 is 0 Å². The zero-order chi connectivity index (χ0) is 18.8. The Kier molecular flexibility index (Phi) is 4.96. The second-order valence-electron chi connectivity index (χ2n) is 6.06. The molecule has 2 heterocycles. The van der Waals surface area contributed by atoms with Crippen LogP contribution in [0.2, 0.25) is 5.02 Å². The van der Waals surface area contributed by atoms with Crippen LogP contribution in [-0.4, -0.2) is 15.9 Å². The molecule has 0 unspecified atom stereocenters. The van der Waals surface area contributed by atoms with E-state index in [1.165, 1.54) is 0 Å². The largest absolute Gasteiger partial charge is 0.365 e. The number of amides is 1. The summed E-state index contributed by atoms with van der Waals surface area (Å²) in [6.07, 6.45) is 2.07. The number of hydrogen-bond donors (Lipinski definition) is 3. The molecule has 0 aliphatic carbocycles. The highest BCUT2D eigenvalue weighted by Crippen LogP contribution is 2.28. The summed E-state index contributed by atoms with van der Waals surface area (Å²) >= 11 is 9.66. The van der Waals surface area contributed by atoms with E-state index in [-0.39, 0.29) is 5.91 Å². The van der Waals surface area contributed by atoms with E-state index in [9.17, 15) is 4.79 Å². The molecule has 0 saturated heterocycles. The van der Waals surface area contributed by atoms with Crippen molar-refractivity contribution in [2.75, 3.05) is 16.0 Å². The van der Waals surface area contributed by atoms with Crippen LogP contribution >= 0.6 is 27.5 Å². The minimum Gasteiger partial charge on any atom is -0.365 e. The molecule has 3 aromatic rings. The Morgan fingerprint density at radius 3 is 2.93 bits per heavy atom. The Hall–Kier alpha value is -2.64. The maximum absolute atomic E-state index is 11.5. The van der Waals surface area contributed by atoms with Crippen molar-refractivity contribution in [3.8, 4) is 0 Å². The molecule has 0 saturated carbocycles. The van der Waals surface area contributed by atoms with E-state index < -0.39 is 0 Å². The van der Waals surface area contributed by atoms with Gasteiger partial charge in [0, 0.05) is 29.1 Å². The number of hydrogen-bond acceptors (Lipinski definition) is 5. The van der Waals surface area contributed by atoms with Gasteiger partial charge in [0.15, 0.2) is 0 Å². The first-order chi connectivity index (χ1) is 13.1. The van der Waals surface area contributed by atoms with Crippen LogP contribution in [0.25, 0.3) is 0 Å². The van der Waals surface area contributed by atoms with Crippen LogP contribution in [0.1, 0.15) is 11.1 Å². The van der Waals surface area contributed by atoms with Gasteiger partial charge in [-0.2, -0.15) is 4.98 Å². The summed E-state index contributed by atoms with van der Waals surface area (Å²) in [6, 6.07) is 13.3. The fraction of sp³-hybridized carbons (Fsp3) is 0.105. The average molecular weight is 445 g/mol. The Balaban J connectivity index is 1.50. The smallest absolute Gasteiger partial charge is 0.229 e. The first kappa shape index (κ1) is 17.8. The number of halogens is 2. The first-order valence-corrected chi connectivity index (χ1v) is 9.45. The number of benzene rings is 2. The quantitative estimate of drug-likeness (QED) is 0.529. The molecule has 1 amide bonds. The van der Waals surface area contributed by atoms with Gasteiger partial charge in [-0.15, -0.1) is 0 Å². The van der Waals surface area contributed by atoms with Crippen LogP contribution in [0.5, 0.6) is 0 Å². The lowest BCUT2D eigenvalue weighted by molar-refractivity contribution is -0.115. The molecular weight excluding hydrogens is 430 g/mol. The lowest BCUT2D eigenvalue weighted by Gasteiger charge is -2.11. The number of fused-ring (bicyclic) bond motifs is 1. The molecular formula is C19H15BrClN5O. The Labute approximate surface area is 169 Å². The molecule has 0 radical (unpaired) electrons. The van der Waals surface area contributed by atoms with Crippen molar-refractivity contribution < 1.29 is 4.79 Å². The van der Waals surface area contributed by atoms with Gasteiger partial charge in [0.25, 0.3) is 0 Å². The van der Waals surface area contributed by atoms with Gasteiger partial charge in [-0.25, -0.2) is 4.98 Å². The Morgan fingerprint density at radius 1 is 1.22 bits per heavy atom. The van der Waals surface area contributed by atoms with E-state index >= 15 is 0 Å². The lowest BCUT2D eigenvalue weighted by atomic mass is 10.1. The maximum Gasteiger partial charge on any atom is 0.229 e. The van der Waals surface area contributed by atoms with Crippen LogP contribution in [0.15, 0.2) is 53.1 Å². The molecule has 136 valence electrons. The maximum atomic E-state index is 11.5. The molecule has 6 nitrogen and oxygen atoms in total. The standard InChI is InChI=1S/C19H15BrClN5O/c20-14-10-23-19(24-13-5-6-16-12(7-13)8-17(27)25-16)26-18(14)22-9-11-3-1-2-4-15(11)21/h1-7,10H,8-9H2,(H,25,27)(H2,22,23,24,26). The predicted octanol–water partition coefficient (Wildman–Crippen LogP) is 4.74. The highest BCUT2D eigenvalue weighted by Gasteiger charge is 2.17. The molecule has 0 spiro atoms. The van der Waals surface area contributed by atoms with Crippen molar-refractivity contribution in [3.05, 3.63) is 69.3 Å². The molecule has 0 fully saturated rings. The summed E-state index contributed by atoms with van der Waals surface area (Å²) in [5, 5.41) is 9.96. The van der Waals surface area contributed by atoms with E-state index in [4.69, 9.17) is 11.6 Å². The summed E-state index contributed by atoms with van der Waals surface area (Å²) in [6.45, 7) is 0.543. The number of nitrogens with one attached hydrogen (secondary N) is 3. The molecule has 4 rings (SSSR count). The van der Waals surface area contributed by atoms with Gasteiger partial charge in [0.2, 0.25) is 11.9 Å². The number of anilines is 4. The molecule has 2 aromatic carbocycles. The number of carbonyl (C=O) groups is 1. The highest BCUT2D eigenvalue weighted by molar-refractivity contribution is 9.10. The molecule has 1 aliphatic rings. The van der Waals surface area contributed by atoms with Gasteiger partial charge in [-0.05, 0) is 51.3 Å². The monoisotopic (exact) mass is 443 g/mol. The van der Waals surface area contributed by atoms with Gasteiger partial charge in [0.1, 0.15) is 5.82 Å². The van der Waals surface area contributed by atoms with E-state index in [1.807, 2.05) is 42.5 Å². The number of nitrogens with zero attached hydrogens (tertiary/aromatic N) is 2. The van der Waals surface area contributed by atoms with Crippen molar-refractivity contribution in [1.82, 2.24) is 9.97 Å². The van der Waals surface area contributed by atoms with Crippen molar-refractivity contribution in [3.63, 3.8) is 0 Å². The zero-order valence-corrected chi connectivity index (χ0v) is 16.4. The summed E-state index contributed by atoms with van der Waals surface area (Å²) in [4.78, 5) is 20.3. The summed E-state index contributed by atoms with van der Waals surface area (Å²) < 4.78 is 0.754. The Bertz CT molecular complexity index is 1030. The van der Waals surface area contributed by atoms with E-state index in [0.717, 1.165) is 27.0 Å². The van der Waals surface area contributed by atoms with Crippen LogP contribution in [-0.2, 0) is 17.8 Å². The molecule has 0 bridgehead atoms. The summed E-state index contributed by atoms with van der Waals surface area (Å²) in [7, 11) is 0. The molecule has 27 heavy (non-hydrogen) atoms. The van der Waals surface area contributed by atoms with E-state index in [1.54, 1.807) is 6.20 Å². The fourth-order valence-electron chi connectivity index (χ4n) is 2.81. The predicted molar refractivity (Wildman–Crippen MR) is 111 cm³/mol. The Morgan fingerprint density at radius 2 is 2.07 bits per heavy atom. The minimum absolute atomic E-state index is 0.00750. The van der Waals surface area contributed by atoms with Crippen LogP contribution in [0.4, 0.5) is 23.1 Å². The second kappa shape index (κ2) is 7.54. The second-order valence-corrected chi connectivity index (χ2v) is 7.32. The van der Waals surface area contributed by atoms with Crippen LogP contribution in [0.3, 0.4) is 0 Å². The third kappa shape index (κ3) is 4.04. The molecule has 0 atom stereocenters. The number of carbonyl (C=O) groups excluding carboxylic acids is 1. The van der Waals surface area contributed by atoms with Gasteiger partial charge < -0.3 is 16.0 Å². The van der Waals surface area contributed by atoms with E-state index in [2.05, 4.69) is 41.8 Å². The summed E-state index contributed by atoms with van der Waals surface area (Å²) in [5.41, 5.74) is 3.61. The van der Waals surface area contributed by atoms with Crippen molar-refractivity contribution in [2.45, 2.75) is 13.0 Å². The molecule has 3 N–H and O–H groups in total. The zero-order valence-electron chi connectivity index (χ0n) is 14.1. The van der Waals surface area contributed by atoms with Crippen molar-refractivity contribution in [2.24, 2.45) is 0 Å². The topological polar surface area (TPSA) is 78.9 Å². The van der Waals surface area contributed by atoms with Crippen molar-refractivity contribution in [1.29, 1.82) is 0 Å². The summed E-state index contributed by atoms with van der Waals surface area (Å²) in [5.74, 6) is 1.12. The third-order valence-electron chi connectivity index (χ3n) is 4.13. The molecule has 1 aliphatic heterocycles. The van der Waals surface area contributed by atoms with Crippen molar-refractivity contribution >= 4 is 56.6 Å². The van der Waals surface area contributed by atoms with Gasteiger partial charge in [-0.3, -0.25) is 4.79 Å². The van der Waals surface area contributed by atoms with E-state index in [0.29, 0.717) is 29.8 Å². The third-order valence-corrected chi connectivity index (χ3v) is 5.08. The van der Waals surface area contributed by atoms with Gasteiger partial charge in [0.05, 0.1) is 10.9 Å². The van der Waals surface area contributed by atoms with Crippen LogP contribution in [0, 0.1) is 0 Å². The highest BCUT2D eigenvalue weighted by atomic mass is 79.9. The van der Waals surface area contributed by atoms with Gasteiger partial charge in [-0.1, -0.05) is 29.8 Å². The normalized spacial score (nSPS) is 12.4. The number of rotatable bonds is 5. The molecule has 1 aromatic heterocycles. The lowest BCUT2D eigenvalue weighted by Crippen LogP contribution is -2.05. The average Bonchev–Trinajstić information content (AvgIpc) is 3.02. The number of aromatic nitrogens is 2. The first-order valence-electron chi connectivity index (χ1n) is 8.28. The molecule has 8 heteroatoms. The van der Waals surface area contributed by atoms with Crippen LogP contribution < -0.4 is 16.0 Å². The SMILES string of the molecule is O=C1Cc2cc(Nc3ncc(Br)c(NCc4ccccc4Cl)n3)ccc2N1. The fourth-order valence-corrected chi connectivity index (χ4v) is 3.34.